The first kappa shape index (κ1) is 12.3. The van der Waals surface area contributed by atoms with Gasteiger partial charge < -0.3 is 0 Å². The molecular formula is C11H15FN2O2S. The number of hydrogen-bond acceptors (Lipinski definition) is 3. The van der Waals surface area contributed by atoms with Crippen molar-refractivity contribution in [3.05, 3.63) is 24.1 Å². The number of sulfonamides is 1. The Bertz CT molecular complexity index is 484. The second-order valence-electron chi connectivity index (χ2n) is 4.25. The number of halogens is 1. The molecule has 2 rings (SSSR count). The van der Waals surface area contributed by atoms with E-state index in [0.717, 1.165) is 19.3 Å². The minimum atomic E-state index is -3.43. The van der Waals surface area contributed by atoms with Crippen LogP contribution in [0.1, 0.15) is 32.1 Å². The maximum Gasteiger partial charge on any atom is 0.236 e. The van der Waals surface area contributed by atoms with Crippen LogP contribution in [0.4, 0.5) is 10.2 Å². The average Bonchev–Trinajstić information content (AvgIpc) is 2.29. The Morgan fingerprint density at radius 2 is 1.94 bits per heavy atom. The quantitative estimate of drug-likeness (QED) is 0.846. The molecule has 1 aromatic rings. The number of anilines is 1. The average molecular weight is 258 g/mol. The Morgan fingerprint density at radius 3 is 2.59 bits per heavy atom. The highest BCUT2D eigenvalue weighted by Crippen LogP contribution is 2.24. The molecule has 1 fully saturated rings. The molecule has 0 bridgehead atoms. The van der Waals surface area contributed by atoms with Crippen LogP contribution in [0.25, 0.3) is 0 Å². The van der Waals surface area contributed by atoms with Crippen LogP contribution in [0, 0.1) is 5.95 Å². The van der Waals surface area contributed by atoms with Gasteiger partial charge in [-0.2, -0.15) is 4.39 Å². The number of nitrogens with one attached hydrogen (secondary N) is 1. The first-order chi connectivity index (χ1) is 8.08. The van der Waals surface area contributed by atoms with Gasteiger partial charge in [-0.3, -0.25) is 4.72 Å². The summed E-state index contributed by atoms with van der Waals surface area (Å²) in [5, 5.41) is -0.374. The molecule has 1 saturated carbocycles. The fourth-order valence-corrected chi connectivity index (χ4v) is 3.60. The van der Waals surface area contributed by atoms with Crippen LogP contribution in [0.3, 0.4) is 0 Å². The molecule has 0 saturated heterocycles. The van der Waals surface area contributed by atoms with E-state index in [1.807, 2.05) is 0 Å². The van der Waals surface area contributed by atoms with E-state index in [1.165, 1.54) is 18.2 Å². The van der Waals surface area contributed by atoms with E-state index in [2.05, 4.69) is 9.71 Å². The van der Waals surface area contributed by atoms with Gasteiger partial charge in [0.05, 0.1) is 5.25 Å². The molecular weight excluding hydrogens is 243 g/mol. The number of rotatable bonds is 3. The number of pyridine rings is 1. The maximum atomic E-state index is 12.8. The zero-order chi connectivity index (χ0) is 12.3. The molecule has 0 radical (unpaired) electrons. The summed E-state index contributed by atoms with van der Waals surface area (Å²) >= 11 is 0. The number of hydrogen-bond donors (Lipinski definition) is 1. The van der Waals surface area contributed by atoms with E-state index in [9.17, 15) is 12.8 Å². The molecule has 4 nitrogen and oxygen atoms in total. The van der Waals surface area contributed by atoms with Gasteiger partial charge in [0.2, 0.25) is 16.0 Å². The number of nitrogens with zero attached hydrogens (tertiary/aromatic N) is 1. The van der Waals surface area contributed by atoms with Gasteiger partial charge in [0.1, 0.15) is 5.82 Å². The van der Waals surface area contributed by atoms with E-state index < -0.39 is 16.0 Å². The van der Waals surface area contributed by atoms with Gasteiger partial charge in [-0.1, -0.05) is 25.3 Å². The van der Waals surface area contributed by atoms with Gasteiger partial charge in [-0.05, 0) is 25.0 Å². The topological polar surface area (TPSA) is 59.1 Å². The SMILES string of the molecule is O=S(=O)(Nc1cccc(F)n1)C1CCCCC1. The fourth-order valence-electron chi connectivity index (χ4n) is 2.07. The van der Waals surface area contributed by atoms with Gasteiger partial charge in [-0.15, -0.1) is 0 Å². The molecule has 94 valence electrons. The molecule has 0 spiro atoms. The van der Waals surface area contributed by atoms with Crippen LogP contribution in [-0.4, -0.2) is 18.7 Å². The zero-order valence-electron chi connectivity index (χ0n) is 9.39. The third-order valence-corrected chi connectivity index (χ3v) is 4.80. The smallest absolute Gasteiger partial charge is 0.236 e. The van der Waals surface area contributed by atoms with Crippen molar-refractivity contribution in [2.45, 2.75) is 37.4 Å². The van der Waals surface area contributed by atoms with Crippen LogP contribution >= 0.6 is 0 Å². The van der Waals surface area contributed by atoms with Crippen molar-refractivity contribution in [3.8, 4) is 0 Å². The van der Waals surface area contributed by atoms with E-state index in [4.69, 9.17) is 0 Å². The van der Waals surface area contributed by atoms with Gasteiger partial charge in [0.25, 0.3) is 0 Å². The fraction of sp³-hybridized carbons (Fsp3) is 0.545. The van der Waals surface area contributed by atoms with Crippen LogP contribution < -0.4 is 4.72 Å². The highest BCUT2D eigenvalue weighted by molar-refractivity contribution is 7.93. The van der Waals surface area contributed by atoms with E-state index in [0.29, 0.717) is 12.8 Å². The second kappa shape index (κ2) is 5.00. The molecule has 1 N–H and O–H groups in total. The Hall–Kier alpha value is -1.17. The third kappa shape index (κ3) is 3.15. The highest BCUT2D eigenvalue weighted by Gasteiger charge is 2.27. The molecule has 0 aliphatic heterocycles. The first-order valence-electron chi connectivity index (χ1n) is 5.72. The van der Waals surface area contributed by atoms with Crippen molar-refractivity contribution in [1.82, 2.24) is 4.98 Å². The molecule has 0 unspecified atom stereocenters. The minimum absolute atomic E-state index is 0.0515. The molecule has 6 heteroatoms. The van der Waals surface area contributed by atoms with Crippen molar-refractivity contribution < 1.29 is 12.8 Å². The Kier molecular flexibility index (Phi) is 3.61. The van der Waals surface area contributed by atoms with Gasteiger partial charge in [-0.25, -0.2) is 13.4 Å². The summed E-state index contributed by atoms with van der Waals surface area (Å²) in [7, 11) is -3.43. The highest BCUT2D eigenvalue weighted by atomic mass is 32.2. The maximum absolute atomic E-state index is 12.8. The Labute approximate surface area is 100 Å². The van der Waals surface area contributed by atoms with Gasteiger partial charge in [0.15, 0.2) is 0 Å². The summed E-state index contributed by atoms with van der Waals surface area (Å²) in [4.78, 5) is 3.50. The zero-order valence-corrected chi connectivity index (χ0v) is 10.2. The predicted octanol–water partition coefficient (Wildman–Crippen LogP) is 2.30. The van der Waals surface area contributed by atoms with Crippen LogP contribution in [0.15, 0.2) is 18.2 Å². The monoisotopic (exact) mass is 258 g/mol. The summed E-state index contributed by atoms with van der Waals surface area (Å²) in [6, 6.07) is 4.06. The van der Waals surface area contributed by atoms with Crippen molar-refractivity contribution >= 4 is 15.8 Å². The van der Waals surface area contributed by atoms with Crippen molar-refractivity contribution in [1.29, 1.82) is 0 Å². The van der Waals surface area contributed by atoms with E-state index >= 15 is 0 Å². The lowest BCUT2D eigenvalue weighted by Crippen LogP contribution is -2.30. The molecule has 1 aliphatic carbocycles. The molecule has 1 aliphatic rings. The Morgan fingerprint density at radius 1 is 1.24 bits per heavy atom. The predicted molar refractivity (Wildman–Crippen MR) is 63.6 cm³/mol. The van der Waals surface area contributed by atoms with Gasteiger partial charge in [0, 0.05) is 0 Å². The van der Waals surface area contributed by atoms with Gasteiger partial charge >= 0.3 is 0 Å². The lowest BCUT2D eigenvalue weighted by atomic mass is 10.0. The first-order valence-corrected chi connectivity index (χ1v) is 7.27. The summed E-state index contributed by atoms with van der Waals surface area (Å²) in [5.41, 5.74) is 0. The summed E-state index contributed by atoms with van der Waals surface area (Å²) in [6.07, 6.45) is 4.30. The summed E-state index contributed by atoms with van der Waals surface area (Å²) in [5.74, 6) is -0.635. The normalized spacial score (nSPS) is 17.9. The molecule has 1 heterocycles. The Balaban J connectivity index is 2.11. The molecule has 0 aromatic carbocycles. The molecule has 0 atom stereocenters. The van der Waals surface area contributed by atoms with E-state index in [1.54, 1.807) is 0 Å². The van der Waals surface area contributed by atoms with Crippen LogP contribution in [0.5, 0.6) is 0 Å². The van der Waals surface area contributed by atoms with Crippen molar-refractivity contribution in [2.75, 3.05) is 4.72 Å². The lowest BCUT2D eigenvalue weighted by molar-refractivity contribution is 0.486. The van der Waals surface area contributed by atoms with Crippen LogP contribution in [-0.2, 0) is 10.0 Å². The van der Waals surface area contributed by atoms with E-state index in [-0.39, 0.29) is 11.1 Å². The summed E-state index contributed by atoms with van der Waals surface area (Å²) < 4.78 is 39.2. The molecule has 0 amide bonds. The standard InChI is InChI=1S/C11H15FN2O2S/c12-10-7-4-8-11(13-10)14-17(15,16)9-5-2-1-3-6-9/h4,7-9H,1-3,5-6H2,(H,13,14). The lowest BCUT2D eigenvalue weighted by Gasteiger charge is -2.22. The summed E-state index contributed by atoms with van der Waals surface area (Å²) in [6.45, 7) is 0. The molecule has 1 aromatic heterocycles. The second-order valence-corrected chi connectivity index (χ2v) is 6.21. The largest absolute Gasteiger partial charge is 0.267 e. The van der Waals surface area contributed by atoms with Crippen molar-refractivity contribution in [2.24, 2.45) is 0 Å². The number of aromatic nitrogens is 1. The van der Waals surface area contributed by atoms with Crippen molar-refractivity contribution in [3.63, 3.8) is 0 Å². The van der Waals surface area contributed by atoms with Crippen LogP contribution in [0.2, 0.25) is 0 Å². The minimum Gasteiger partial charge on any atom is -0.267 e. The third-order valence-electron chi connectivity index (χ3n) is 2.95. The molecule has 17 heavy (non-hydrogen) atoms.